The minimum absolute atomic E-state index is 0.180. The van der Waals surface area contributed by atoms with Crippen molar-refractivity contribution in [2.24, 2.45) is 5.10 Å². The van der Waals surface area contributed by atoms with Crippen LogP contribution in [-0.2, 0) is 9.53 Å². The summed E-state index contributed by atoms with van der Waals surface area (Å²) in [7, 11) is 1.53. The molecule has 0 fully saturated rings. The maximum atomic E-state index is 13.7. The molecule has 0 aliphatic carbocycles. The Bertz CT molecular complexity index is 1160. The summed E-state index contributed by atoms with van der Waals surface area (Å²) in [6.07, 6.45) is 0.615. The molecule has 0 N–H and O–H groups in total. The number of thiophene rings is 2. The first kappa shape index (κ1) is 23.3. The molecule has 6 nitrogen and oxygen atoms in total. The number of ether oxygens (including phenoxy) is 1. The second-order valence-electron chi connectivity index (χ2n) is 7.68. The van der Waals surface area contributed by atoms with Crippen LogP contribution in [0.2, 0.25) is 0 Å². The zero-order valence-electron chi connectivity index (χ0n) is 18.4. The molecule has 33 heavy (non-hydrogen) atoms. The number of halogens is 1. The Labute approximate surface area is 199 Å². The van der Waals surface area contributed by atoms with E-state index in [-0.39, 0.29) is 37.2 Å². The molecule has 3 aromatic rings. The van der Waals surface area contributed by atoms with Crippen molar-refractivity contribution in [3.63, 3.8) is 0 Å². The van der Waals surface area contributed by atoms with E-state index in [1.165, 1.54) is 41.3 Å². The molecule has 1 aromatic carbocycles. The van der Waals surface area contributed by atoms with E-state index in [0.29, 0.717) is 6.42 Å². The average Bonchev–Trinajstić information content (AvgIpc) is 3.56. The van der Waals surface area contributed by atoms with E-state index in [2.05, 4.69) is 5.10 Å². The van der Waals surface area contributed by atoms with Gasteiger partial charge in [0.05, 0.1) is 23.2 Å². The summed E-state index contributed by atoms with van der Waals surface area (Å²) in [5, 5.41) is 10.2. The van der Waals surface area contributed by atoms with Crippen molar-refractivity contribution in [3.8, 4) is 0 Å². The zero-order valence-corrected chi connectivity index (χ0v) is 20.0. The van der Waals surface area contributed by atoms with Gasteiger partial charge in [0.25, 0.3) is 11.8 Å². The van der Waals surface area contributed by atoms with Gasteiger partial charge in [0, 0.05) is 30.5 Å². The maximum Gasteiger partial charge on any atom is 0.262 e. The highest BCUT2D eigenvalue weighted by Gasteiger charge is 2.36. The van der Waals surface area contributed by atoms with Crippen LogP contribution in [0.3, 0.4) is 0 Å². The van der Waals surface area contributed by atoms with E-state index in [4.69, 9.17) is 4.74 Å². The Morgan fingerprint density at radius 2 is 2.06 bits per heavy atom. The first-order valence-corrected chi connectivity index (χ1v) is 12.2. The topological polar surface area (TPSA) is 62.2 Å². The van der Waals surface area contributed by atoms with Gasteiger partial charge in [-0.1, -0.05) is 12.1 Å². The number of aryl methyl sites for hydroxylation is 1. The van der Waals surface area contributed by atoms with Gasteiger partial charge in [0.15, 0.2) is 0 Å². The third-order valence-corrected chi connectivity index (χ3v) is 7.47. The Kier molecular flexibility index (Phi) is 7.32. The van der Waals surface area contributed by atoms with E-state index < -0.39 is 11.7 Å². The minimum Gasteiger partial charge on any atom is -0.383 e. The van der Waals surface area contributed by atoms with Gasteiger partial charge in [-0.15, -0.1) is 22.7 Å². The van der Waals surface area contributed by atoms with Crippen LogP contribution in [0.4, 0.5) is 4.39 Å². The SMILES string of the molecule is COCCN(CC(=O)N1N=C(c2cccs2)C[C@@H]1c1sccc1C)C(=O)c1cccc(F)c1. The lowest BCUT2D eigenvalue weighted by atomic mass is 10.1. The van der Waals surface area contributed by atoms with Crippen LogP contribution in [0.5, 0.6) is 0 Å². The second-order valence-corrected chi connectivity index (χ2v) is 9.58. The average molecular weight is 486 g/mol. The Hall–Kier alpha value is -2.88. The fourth-order valence-electron chi connectivity index (χ4n) is 3.76. The molecular formula is C24H24FN3O3S2. The lowest BCUT2D eigenvalue weighted by Gasteiger charge is -2.26. The highest BCUT2D eigenvalue weighted by Crippen LogP contribution is 2.38. The predicted octanol–water partition coefficient (Wildman–Crippen LogP) is 4.72. The molecule has 0 unspecified atom stereocenters. The van der Waals surface area contributed by atoms with Crippen molar-refractivity contribution >= 4 is 40.2 Å². The molecule has 0 radical (unpaired) electrons. The molecule has 1 aliphatic rings. The summed E-state index contributed by atoms with van der Waals surface area (Å²) in [4.78, 5) is 30.0. The van der Waals surface area contributed by atoms with Crippen molar-refractivity contribution in [2.75, 3.05) is 26.8 Å². The molecule has 1 aliphatic heterocycles. The number of nitrogens with zero attached hydrogens (tertiary/aromatic N) is 3. The quantitative estimate of drug-likeness (QED) is 0.464. The Balaban J connectivity index is 1.60. The number of hydrogen-bond donors (Lipinski definition) is 0. The van der Waals surface area contributed by atoms with Gasteiger partial charge < -0.3 is 9.64 Å². The molecule has 0 saturated carbocycles. The number of carbonyl (C=O) groups is 2. The molecule has 4 rings (SSSR count). The van der Waals surface area contributed by atoms with Gasteiger partial charge in [-0.05, 0) is 53.6 Å². The zero-order chi connectivity index (χ0) is 23.4. The van der Waals surface area contributed by atoms with Gasteiger partial charge >= 0.3 is 0 Å². The molecule has 3 heterocycles. The van der Waals surface area contributed by atoms with Crippen molar-refractivity contribution in [1.82, 2.24) is 9.91 Å². The van der Waals surface area contributed by atoms with E-state index in [0.717, 1.165) is 21.0 Å². The molecule has 0 spiro atoms. The fourth-order valence-corrected chi connectivity index (χ4v) is 5.49. The van der Waals surface area contributed by atoms with Crippen LogP contribution in [0.1, 0.15) is 38.1 Å². The molecule has 172 valence electrons. The highest BCUT2D eigenvalue weighted by atomic mass is 32.1. The highest BCUT2D eigenvalue weighted by molar-refractivity contribution is 7.12. The molecule has 2 aromatic heterocycles. The lowest BCUT2D eigenvalue weighted by Crippen LogP contribution is -2.42. The van der Waals surface area contributed by atoms with E-state index >= 15 is 0 Å². The van der Waals surface area contributed by atoms with Gasteiger partial charge in [-0.3, -0.25) is 9.59 Å². The fraction of sp³-hybridized carbons (Fsp3) is 0.292. The van der Waals surface area contributed by atoms with Crippen molar-refractivity contribution in [1.29, 1.82) is 0 Å². The van der Waals surface area contributed by atoms with Crippen molar-refractivity contribution in [3.05, 3.63) is 79.9 Å². The number of amides is 2. The number of hydrogen-bond acceptors (Lipinski definition) is 6. The molecular weight excluding hydrogens is 461 g/mol. The first-order chi connectivity index (χ1) is 16.0. The first-order valence-electron chi connectivity index (χ1n) is 10.5. The van der Waals surface area contributed by atoms with Crippen LogP contribution in [0.25, 0.3) is 0 Å². The van der Waals surface area contributed by atoms with Crippen LogP contribution >= 0.6 is 22.7 Å². The smallest absolute Gasteiger partial charge is 0.262 e. The summed E-state index contributed by atoms with van der Waals surface area (Å²) in [5.41, 5.74) is 2.15. The predicted molar refractivity (Wildman–Crippen MR) is 128 cm³/mol. The molecule has 0 bridgehead atoms. The molecule has 0 saturated heterocycles. The molecule has 2 amide bonds. The summed E-state index contributed by atoms with van der Waals surface area (Å²) >= 11 is 3.18. The number of methoxy groups -OCH3 is 1. The van der Waals surface area contributed by atoms with Gasteiger partial charge in [0.2, 0.25) is 0 Å². The van der Waals surface area contributed by atoms with Gasteiger partial charge in [-0.25, -0.2) is 9.40 Å². The number of rotatable bonds is 8. The summed E-state index contributed by atoms with van der Waals surface area (Å²) in [6, 6.07) is 11.2. The number of hydrazone groups is 1. The normalized spacial score (nSPS) is 15.5. The molecule has 9 heteroatoms. The standard InChI is InChI=1S/C24H24FN3O3S2/c1-16-8-12-33-23(16)20-14-19(21-7-4-11-32-21)26-28(20)22(29)15-27(9-10-31-2)24(30)17-5-3-6-18(25)13-17/h3-8,11-13,20H,9-10,14-15H2,1-2H3/t20-/m1/s1. The van der Waals surface area contributed by atoms with Crippen LogP contribution < -0.4 is 0 Å². The van der Waals surface area contributed by atoms with Crippen molar-refractivity contribution < 1.29 is 18.7 Å². The summed E-state index contributed by atoms with van der Waals surface area (Å²) in [6.45, 7) is 2.30. The maximum absolute atomic E-state index is 13.7. The van der Waals surface area contributed by atoms with Gasteiger partial charge in [-0.2, -0.15) is 5.10 Å². The number of carbonyl (C=O) groups excluding carboxylic acids is 2. The monoisotopic (exact) mass is 485 g/mol. The van der Waals surface area contributed by atoms with Gasteiger partial charge in [0.1, 0.15) is 12.4 Å². The second kappa shape index (κ2) is 10.4. The summed E-state index contributed by atoms with van der Waals surface area (Å²) < 4.78 is 18.8. The van der Waals surface area contributed by atoms with Crippen LogP contribution in [0, 0.1) is 12.7 Å². The third kappa shape index (κ3) is 5.21. The Morgan fingerprint density at radius 3 is 2.73 bits per heavy atom. The van der Waals surface area contributed by atoms with Crippen molar-refractivity contribution in [2.45, 2.75) is 19.4 Å². The van der Waals surface area contributed by atoms with Crippen LogP contribution in [0.15, 0.2) is 58.3 Å². The van der Waals surface area contributed by atoms with E-state index in [9.17, 15) is 14.0 Å². The Morgan fingerprint density at radius 1 is 1.21 bits per heavy atom. The van der Waals surface area contributed by atoms with Crippen LogP contribution in [-0.4, -0.2) is 54.2 Å². The number of benzene rings is 1. The summed E-state index contributed by atoms with van der Waals surface area (Å²) in [5.74, 6) is -1.22. The lowest BCUT2D eigenvalue weighted by molar-refractivity contribution is -0.133. The largest absolute Gasteiger partial charge is 0.383 e. The minimum atomic E-state index is -0.503. The third-order valence-electron chi connectivity index (χ3n) is 5.43. The molecule has 1 atom stereocenters. The van der Waals surface area contributed by atoms with E-state index in [1.807, 2.05) is 35.9 Å². The van der Waals surface area contributed by atoms with E-state index in [1.54, 1.807) is 22.7 Å².